The van der Waals surface area contributed by atoms with Crippen LogP contribution >= 0.6 is 0 Å². The zero-order valence-electron chi connectivity index (χ0n) is 11.8. The lowest BCUT2D eigenvalue weighted by atomic mass is 9.97. The SMILES string of the molecule is FC1CCCC(F)C1.OC1c2c(C(F)(F)F)n[nH]c2CC1(F)F. The van der Waals surface area contributed by atoms with Crippen LogP contribution in [0.1, 0.15) is 48.7 Å². The molecule has 0 radical (unpaired) electrons. The normalized spacial score (nSPS) is 29.7. The Morgan fingerprint density at radius 1 is 1.13 bits per heavy atom. The average Bonchev–Trinajstić information content (AvgIpc) is 2.89. The number of nitrogens with zero attached hydrogens (tertiary/aromatic N) is 1. The number of hydrogen-bond donors (Lipinski definition) is 2. The lowest BCUT2D eigenvalue weighted by Crippen LogP contribution is -2.24. The van der Waals surface area contributed by atoms with Crippen LogP contribution in [0.4, 0.5) is 30.7 Å². The van der Waals surface area contributed by atoms with Gasteiger partial charge in [0.25, 0.3) is 5.92 Å². The van der Waals surface area contributed by atoms with Gasteiger partial charge >= 0.3 is 6.18 Å². The van der Waals surface area contributed by atoms with E-state index in [2.05, 4.69) is 5.10 Å². The van der Waals surface area contributed by atoms with Crippen LogP contribution in [0.2, 0.25) is 0 Å². The molecule has 0 saturated heterocycles. The van der Waals surface area contributed by atoms with Crippen LogP contribution in [-0.2, 0) is 12.6 Å². The summed E-state index contributed by atoms with van der Waals surface area (Å²) in [6.45, 7) is 0. The van der Waals surface area contributed by atoms with Crippen LogP contribution in [0.25, 0.3) is 0 Å². The van der Waals surface area contributed by atoms with Gasteiger partial charge < -0.3 is 5.11 Å². The minimum absolute atomic E-state index is 0.139. The molecule has 1 saturated carbocycles. The molecule has 10 heteroatoms. The topological polar surface area (TPSA) is 48.9 Å². The van der Waals surface area contributed by atoms with Crippen molar-refractivity contribution >= 4 is 0 Å². The van der Waals surface area contributed by atoms with E-state index in [1.165, 1.54) is 0 Å². The third-order valence-electron chi connectivity index (χ3n) is 3.78. The molecule has 1 fully saturated rings. The number of aromatic nitrogens is 2. The minimum Gasteiger partial charge on any atom is -0.382 e. The number of fused-ring (bicyclic) bond motifs is 1. The van der Waals surface area contributed by atoms with Crippen molar-refractivity contribution in [1.82, 2.24) is 10.2 Å². The summed E-state index contributed by atoms with van der Waals surface area (Å²) in [5.74, 6) is -3.57. The molecule has 1 aromatic heterocycles. The highest BCUT2D eigenvalue weighted by Gasteiger charge is 2.53. The van der Waals surface area contributed by atoms with E-state index in [9.17, 15) is 30.7 Å². The summed E-state index contributed by atoms with van der Waals surface area (Å²) in [5, 5.41) is 13.8. The number of halogens is 7. The van der Waals surface area contributed by atoms with E-state index in [4.69, 9.17) is 5.11 Å². The highest BCUT2D eigenvalue weighted by atomic mass is 19.4. The van der Waals surface area contributed by atoms with Crippen molar-refractivity contribution in [3.8, 4) is 0 Å². The number of H-pyrrole nitrogens is 1. The van der Waals surface area contributed by atoms with Gasteiger partial charge in [-0.05, 0) is 19.3 Å². The molecule has 3 nitrogen and oxygen atoms in total. The van der Waals surface area contributed by atoms with Crippen molar-refractivity contribution in [2.45, 2.75) is 62.7 Å². The molecule has 0 amide bonds. The molecule has 2 aliphatic rings. The van der Waals surface area contributed by atoms with Gasteiger partial charge in [0, 0.05) is 17.7 Å². The lowest BCUT2D eigenvalue weighted by Gasteiger charge is -2.17. The van der Waals surface area contributed by atoms with Crippen LogP contribution in [0.3, 0.4) is 0 Å². The Morgan fingerprint density at radius 3 is 2.13 bits per heavy atom. The molecule has 0 bridgehead atoms. The second kappa shape index (κ2) is 6.29. The fourth-order valence-electron chi connectivity index (χ4n) is 2.65. The average molecular weight is 348 g/mol. The summed E-state index contributed by atoms with van der Waals surface area (Å²) in [7, 11) is 0. The first-order valence-electron chi connectivity index (χ1n) is 7.00. The molecule has 23 heavy (non-hydrogen) atoms. The van der Waals surface area contributed by atoms with Crippen molar-refractivity contribution in [3.63, 3.8) is 0 Å². The number of alkyl halides is 7. The van der Waals surface area contributed by atoms with Crippen molar-refractivity contribution in [2.24, 2.45) is 0 Å². The second-order valence-electron chi connectivity index (χ2n) is 5.66. The largest absolute Gasteiger partial charge is 0.435 e. The predicted octanol–water partition coefficient (Wildman–Crippen LogP) is 3.89. The molecule has 0 spiro atoms. The first-order chi connectivity index (χ1) is 10.5. The number of rotatable bonds is 0. The van der Waals surface area contributed by atoms with Crippen LogP contribution in [0.5, 0.6) is 0 Å². The molecule has 0 aliphatic heterocycles. The Bertz CT molecular complexity index is 535. The molecule has 3 unspecified atom stereocenters. The quantitative estimate of drug-likeness (QED) is 0.699. The molecule has 2 aliphatic carbocycles. The van der Waals surface area contributed by atoms with Gasteiger partial charge in [-0.1, -0.05) is 0 Å². The standard InChI is InChI=1S/C7H5F5N2O.C6H10F2/c8-6(9)1-2-3(5(6)15)4(14-13-2)7(10,11)12;7-5-2-1-3-6(8)4-5/h5,15H,1H2,(H,13,14);5-6H,1-4H2. The molecule has 1 heterocycles. The molecule has 3 atom stereocenters. The van der Waals surface area contributed by atoms with Crippen LogP contribution in [0.15, 0.2) is 0 Å². The van der Waals surface area contributed by atoms with Crippen molar-refractivity contribution < 1.29 is 35.8 Å². The first kappa shape index (κ1) is 18.0. The third kappa shape index (κ3) is 3.96. The zero-order valence-corrected chi connectivity index (χ0v) is 11.8. The van der Waals surface area contributed by atoms with Crippen LogP contribution in [-0.4, -0.2) is 33.6 Å². The van der Waals surface area contributed by atoms with Crippen LogP contribution < -0.4 is 0 Å². The third-order valence-corrected chi connectivity index (χ3v) is 3.78. The van der Waals surface area contributed by atoms with Gasteiger partial charge in [-0.25, -0.2) is 17.6 Å². The Morgan fingerprint density at radius 2 is 1.70 bits per heavy atom. The molecule has 2 N–H and O–H groups in total. The van der Waals surface area contributed by atoms with E-state index in [0.717, 1.165) is 6.42 Å². The highest BCUT2D eigenvalue weighted by Crippen LogP contribution is 2.47. The van der Waals surface area contributed by atoms with Crippen molar-refractivity contribution in [1.29, 1.82) is 0 Å². The van der Waals surface area contributed by atoms with E-state index in [-0.39, 0.29) is 12.1 Å². The maximum Gasteiger partial charge on any atom is 0.435 e. The van der Waals surface area contributed by atoms with E-state index in [1.54, 1.807) is 0 Å². The summed E-state index contributed by atoms with van der Waals surface area (Å²) >= 11 is 0. The van der Waals surface area contributed by atoms with E-state index >= 15 is 0 Å². The number of nitrogens with one attached hydrogen (secondary N) is 1. The smallest absolute Gasteiger partial charge is 0.382 e. The van der Waals surface area contributed by atoms with Gasteiger partial charge in [0.2, 0.25) is 0 Å². The van der Waals surface area contributed by atoms with E-state index in [1.807, 2.05) is 5.10 Å². The summed E-state index contributed by atoms with van der Waals surface area (Å²) in [4.78, 5) is 0. The lowest BCUT2D eigenvalue weighted by molar-refractivity contribution is -0.146. The number of aliphatic hydroxyl groups excluding tert-OH is 1. The Labute approximate surface area is 126 Å². The van der Waals surface area contributed by atoms with Crippen LogP contribution in [0, 0.1) is 0 Å². The van der Waals surface area contributed by atoms with Gasteiger partial charge in [0.15, 0.2) is 5.69 Å². The number of aliphatic hydroxyl groups is 1. The van der Waals surface area contributed by atoms with Gasteiger partial charge in [0.1, 0.15) is 18.4 Å². The maximum absolute atomic E-state index is 12.9. The molecule has 132 valence electrons. The first-order valence-corrected chi connectivity index (χ1v) is 7.00. The molecular formula is C13H15F7N2O. The van der Waals surface area contributed by atoms with Crippen molar-refractivity contribution in [2.75, 3.05) is 0 Å². The fourth-order valence-corrected chi connectivity index (χ4v) is 2.65. The molecule has 1 aromatic rings. The molecule has 0 aromatic carbocycles. The minimum atomic E-state index is -4.84. The summed E-state index contributed by atoms with van der Waals surface area (Å²) < 4.78 is 86.9. The number of hydrogen-bond acceptors (Lipinski definition) is 2. The van der Waals surface area contributed by atoms with Gasteiger partial charge in [0.05, 0.1) is 6.42 Å². The van der Waals surface area contributed by atoms with Crippen molar-refractivity contribution in [3.05, 3.63) is 17.0 Å². The Hall–Kier alpha value is -1.32. The summed E-state index contributed by atoms with van der Waals surface area (Å²) in [5.41, 5.74) is -2.67. The summed E-state index contributed by atoms with van der Waals surface area (Å²) in [6.07, 6.45) is -7.96. The Balaban J connectivity index is 0.000000203. The van der Waals surface area contributed by atoms with Gasteiger partial charge in [-0.2, -0.15) is 18.3 Å². The summed E-state index contributed by atoms with van der Waals surface area (Å²) in [6, 6.07) is 0. The van der Waals surface area contributed by atoms with Gasteiger partial charge in [-0.3, -0.25) is 5.10 Å². The monoisotopic (exact) mass is 348 g/mol. The van der Waals surface area contributed by atoms with E-state index < -0.39 is 48.2 Å². The fraction of sp³-hybridized carbons (Fsp3) is 0.769. The zero-order chi connectivity index (χ0) is 17.4. The highest BCUT2D eigenvalue weighted by molar-refractivity contribution is 5.37. The Kier molecular flexibility index (Phi) is 4.93. The van der Waals surface area contributed by atoms with E-state index in [0.29, 0.717) is 12.8 Å². The maximum atomic E-state index is 12.9. The number of aromatic amines is 1. The molecular weight excluding hydrogens is 333 g/mol. The molecule has 3 rings (SSSR count). The van der Waals surface area contributed by atoms with Gasteiger partial charge in [-0.15, -0.1) is 0 Å². The second-order valence-corrected chi connectivity index (χ2v) is 5.66. The predicted molar refractivity (Wildman–Crippen MR) is 65.5 cm³/mol.